The number of carbonyl (C=O) groups excluding carboxylic acids is 3. The molecule has 4 aromatic carbocycles. The molecule has 0 aliphatic rings. The van der Waals surface area contributed by atoms with Crippen LogP contribution in [-0.2, 0) is 27.2 Å². The molecule has 57 heavy (non-hydrogen) atoms. The summed E-state index contributed by atoms with van der Waals surface area (Å²) in [6, 6.07) is 15.4. The number of benzene rings is 4. The van der Waals surface area contributed by atoms with Crippen molar-refractivity contribution in [1.29, 1.82) is 0 Å². The molecule has 1 amide bonds. The van der Waals surface area contributed by atoms with E-state index in [1.165, 1.54) is 65.4 Å². The van der Waals surface area contributed by atoms with Crippen LogP contribution in [0.3, 0.4) is 0 Å². The van der Waals surface area contributed by atoms with E-state index in [1.54, 1.807) is 26.0 Å². The van der Waals surface area contributed by atoms with Crippen molar-refractivity contribution in [2.75, 3.05) is 0 Å². The number of aromatic hydroxyl groups is 2. The Balaban J connectivity index is 0.000000221. The third-order valence-electron chi connectivity index (χ3n) is 9.11. The maximum Gasteiger partial charge on any atom is 0.328 e. The number of rotatable bonds is 8. The first-order valence-corrected chi connectivity index (χ1v) is 18.2. The normalized spacial score (nSPS) is 11.3. The minimum atomic E-state index is -1.46. The van der Waals surface area contributed by atoms with Gasteiger partial charge in [0.25, 0.3) is 11.8 Å². The zero-order valence-corrected chi connectivity index (χ0v) is 33.4. The molecule has 6 aromatic rings. The first kappa shape index (κ1) is 42.5. The average Bonchev–Trinajstić information content (AvgIpc) is 3.54. The van der Waals surface area contributed by atoms with Gasteiger partial charge in [-0.2, -0.15) is 0 Å². The van der Waals surface area contributed by atoms with Crippen molar-refractivity contribution in [3.8, 4) is 11.5 Å². The highest BCUT2D eigenvalue weighted by Gasteiger charge is 2.30. The Morgan fingerprint density at radius 3 is 1.65 bits per heavy atom. The van der Waals surface area contributed by atoms with Gasteiger partial charge >= 0.3 is 11.9 Å². The molecule has 6 rings (SSSR count). The van der Waals surface area contributed by atoms with Gasteiger partial charge in [0.15, 0.2) is 11.6 Å². The number of carboxylic acids is 2. The summed E-state index contributed by atoms with van der Waals surface area (Å²) in [7, 11) is 0. The van der Waals surface area contributed by atoms with Gasteiger partial charge in [0.1, 0.15) is 11.3 Å². The second kappa shape index (κ2) is 16.5. The van der Waals surface area contributed by atoms with E-state index in [0.29, 0.717) is 44.0 Å². The van der Waals surface area contributed by atoms with Crippen LogP contribution >= 0.6 is 46.4 Å². The van der Waals surface area contributed by atoms with E-state index in [-0.39, 0.29) is 56.0 Å². The maximum atomic E-state index is 13.9. The number of aromatic nitrogens is 2. The fourth-order valence-electron chi connectivity index (χ4n) is 6.20. The van der Waals surface area contributed by atoms with E-state index < -0.39 is 40.9 Å². The summed E-state index contributed by atoms with van der Waals surface area (Å²) in [4.78, 5) is 61.3. The van der Waals surface area contributed by atoms with E-state index in [9.17, 15) is 43.7 Å². The molecule has 0 saturated heterocycles. The van der Waals surface area contributed by atoms with E-state index >= 15 is 0 Å². The Labute approximate surface area is 343 Å². The standard InChI is InChI=1S/C22H20Cl2N2O5.C18H12Cl2FNO4/c1-11-14(10-19(28)25-22(2,3)21(30)31)15-9-13(27)5-7-18(15)26(11)20(29)12-4-6-16(23)17(24)8-12;1-8-10(6-17(24)25)11-5-16(23)14(21)7-15(11)22(8)18(26)9-2-3-12(19)13(20)4-9/h4-9,27H,10H2,1-3H3,(H,25,28)(H,30,31);2-5,7,23H,6H2,1H3,(H,24,25). The Morgan fingerprint density at radius 2 is 1.16 bits per heavy atom. The highest BCUT2D eigenvalue weighted by Crippen LogP contribution is 2.34. The van der Waals surface area contributed by atoms with Gasteiger partial charge in [0, 0.05) is 39.4 Å². The third kappa shape index (κ3) is 8.71. The molecule has 0 fully saturated rings. The molecule has 0 aliphatic carbocycles. The summed E-state index contributed by atoms with van der Waals surface area (Å²) in [5, 5.41) is 42.3. The minimum absolute atomic E-state index is 0.0286. The molecular weight excluding hydrogens is 827 g/mol. The van der Waals surface area contributed by atoms with E-state index in [2.05, 4.69) is 5.32 Å². The first-order valence-electron chi connectivity index (χ1n) is 16.7. The van der Waals surface area contributed by atoms with Crippen molar-refractivity contribution in [3.63, 3.8) is 0 Å². The van der Waals surface area contributed by atoms with Gasteiger partial charge in [-0.3, -0.25) is 28.3 Å². The molecule has 296 valence electrons. The number of amides is 1. The van der Waals surface area contributed by atoms with Crippen molar-refractivity contribution in [2.45, 2.75) is 46.1 Å². The highest BCUT2D eigenvalue weighted by molar-refractivity contribution is 6.42. The molecule has 0 unspecified atom stereocenters. The van der Waals surface area contributed by atoms with Crippen molar-refractivity contribution in [1.82, 2.24) is 14.5 Å². The van der Waals surface area contributed by atoms with Crippen LogP contribution in [0, 0.1) is 19.7 Å². The number of carbonyl (C=O) groups is 5. The fraction of sp³-hybridized carbons (Fsp3) is 0.175. The molecule has 0 spiro atoms. The first-order chi connectivity index (χ1) is 26.6. The SMILES string of the molecule is Cc1c(CC(=O)NC(C)(C)C(=O)O)c2cc(O)ccc2n1C(=O)c1ccc(Cl)c(Cl)c1.Cc1c(CC(=O)O)c2cc(O)c(F)cc2n1C(=O)c1ccc(Cl)c(Cl)c1. The van der Waals surface area contributed by atoms with Crippen LogP contribution in [-0.4, -0.2) is 64.8 Å². The van der Waals surface area contributed by atoms with Gasteiger partial charge < -0.3 is 25.7 Å². The van der Waals surface area contributed by atoms with E-state index in [0.717, 1.165) is 12.1 Å². The van der Waals surface area contributed by atoms with Gasteiger partial charge in [0.2, 0.25) is 5.91 Å². The molecule has 2 heterocycles. The molecule has 5 N–H and O–H groups in total. The van der Waals surface area contributed by atoms with Crippen molar-refractivity contribution < 1.29 is 48.8 Å². The van der Waals surface area contributed by atoms with Gasteiger partial charge in [0.05, 0.1) is 44.0 Å². The highest BCUT2D eigenvalue weighted by atomic mass is 35.5. The van der Waals surface area contributed by atoms with Crippen LogP contribution in [0.4, 0.5) is 4.39 Å². The monoisotopic (exact) mass is 857 g/mol. The Kier molecular flexibility index (Phi) is 12.3. The number of hydrogen-bond acceptors (Lipinski definition) is 7. The van der Waals surface area contributed by atoms with Gasteiger partial charge in [-0.25, -0.2) is 9.18 Å². The number of nitrogens with zero attached hydrogens (tertiary/aromatic N) is 2. The van der Waals surface area contributed by atoms with Gasteiger partial charge in [-0.1, -0.05) is 46.4 Å². The predicted octanol–water partition coefficient (Wildman–Crippen LogP) is 8.59. The zero-order valence-electron chi connectivity index (χ0n) is 30.4. The quantitative estimate of drug-likeness (QED) is 0.0999. The number of halogens is 5. The van der Waals surface area contributed by atoms with E-state index in [1.807, 2.05) is 0 Å². The van der Waals surface area contributed by atoms with Crippen LogP contribution in [0.1, 0.15) is 57.1 Å². The molecule has 0 radical (unpaired) electrons. The lowest BCUT2D eigenvalue weighted by Gasteiger charge is -2.21. The lowest BCUT2D eigenvalue weighted by Crippen LogP contribution is -2.50. The van der Waals surface area contributed by atoms with Gasteiger partial charge in [-0.05, 0) is 99.5 Å². The Bertz CT molecular complexity index is 2670. The van der Waals surface area contributed by atoms with Crippen molar-refractivity contribution in [2.24, 2.45) is 0 Å². The van der Waals surface area contributed by atoms with Crippen LogP contribution in [0.2, 0.25) is 20.1 Å². The molecule has 0 bridgehead atoms. The minimum Gasteiger partial charge on any atom is -0.508 e. The molecule has 0 saturated carbocycles. The lowest BCUT2D eigenvalue weighted by atomic mass is 10.0. The number of phenols is 2. The molecule has 0 aliphatic heterocycles. The number of phenolic OH excluding ortho intramolecular Hbond substituents is 2. The fourth-order valence-corrected chi connectivity index (χ4v) is 6.80. The number of hydrogen-bond donors (Lipinski definition) is 5. The van der Waals surface area contributed by atoms with Crippen LogP contribution < -0.4 is 5.32 Å². The predicted molar refractivity (Wildman–Crippen MR) is 214 cm³/mol. The molecule has 0 atom stereocenters. The smallest absolute Gasteiger partial charge is 0.328 e. The summed E-state index contributed by atoms with van der Waals surface area (Å²) in [5.41, 5.74) is 1.33. The Morgan fingerprint density at radius 1 is 0.667 bits per heavy atom. The Hall–Kier alpha value is -5.60. The van der Waals surface area contributed by atoms with Crippen molar-refractivity contribution in [3.05, 3.63) is 126 Å². The molecule has 12 nitrogen and oxygen atoms in total. The van der Waals surface area contributed by atoms with Gasteiger partial charge in [-0.15, -0.1) is 0 Å². The van der Waals surface area contributed by atoms with Crippen LogP contribution in [0.5, 0.6) is 11.5 Å². The molecular formula is C40H32Cl4FN3O9. The lowest BCUT2D eigenvalue weighted by molar-refractivity contribution is -0.145. The zero-order chi connectivity index (χ0) is 42.3. The largest absolute Gasteiger partial charge is 0.508 e. The number of nitrogens with one attached hydrogen (secondary N) is 1. The van der Waals surface area contributed by atoms with Crippen molar-refractivity contribution >= 4 is 97.9 Å². The summed E-state index contributed by atoms with van der Waals surface area (Å²) < 4.78 is 16.5. The number of carboxylic acid groups (broad SMARTS) is 2. The topological polar surface area (TPSA) is 188 Å². The summed E-state index contributed by atoms with van der Waals surface area (Å²) in [6.45, 7) is 5.99. The second-order valence-corrected chi connectivity index (χ2v) is 15.0. The summed E-state index contributed by atoms with van der Waals surface area (Å²) in [5.74, 6) is -5.29. The maximum absolute atomic E-state index is 13.9. The third-order valence-corrected chi connectivity index (χ3v) is 10.6. The number of aliphatic carboxylic acids is 2. The molecule has 17 heteroatoms. The van der Waals surface area contributed by atoms with E-state index in [4.69, 9.17) is 51.5 Å². The summed E-state index contributed by atoms with van der Waals surface area (Å²) in [6.07, 6.45) is -0.556. The van der Waals surface area contributed by atoms with Crippen LogP contribution in [0.25, 0.3) is 21.8 Å². The molecule has 2 aromatic heterocycles. The average molecular weight is 860 g/mol. The summed E-state index contributed by atoms with van der Waals surface area (Å²) >= 11 is 23.8. The second-order valence-electron chi connectivity index (χ2n) is 13.4. The van der Waals surface area contributed by atoms with Crippen LogP contribution in [0.15, 0.2) is 66.7 Å². The number of fused-ring (bicyclic) bond motifs is 2.